The molecule has 0 amide bonds. The molecule has 1 N–H and O–H groups in total. The number of rotatable bonds is 2. The Kier molecular flexibility index (Phi) is 3.36. The largest absolute Gasteiger partial charge is 0.494 e. The molecule has 23 heavy (non-hydrogen) atoms. The fraction of sp³-hybridized carbons (Fsp3) is 0.706. The fourth-order valence-electron chi connectivity index (χ4n) is 4.52. The van der Waals surface area contributed by atoms with Crippen molar-refractivity contribution in [1.82, 2.24) is 9.13 Å². The molecule has 3 rings (SSSR count). The van der Waals surface area contributed by atoms with Gasteiger partial charge in [-0.3, -0.25) is 18.9 Å². The van der Waals surface area contributed by atoms with Crippen LogP contribution in [0.1, 0.15) is 45.6 Å². The Bertz CT molecular complexity index is 803. The van der Waals surface area contributed by atoms with Crippen LogP contribution >= 0.6 is 0 Å². The average molecular weight is 319 g/mol. The SMILES string of the molecule is Cn1c(O)c(C=N[C@H]2C[C@H]3CC[C@]2(C)C3(C)C)c(=O)n(C)c1=O. The van der Waals surface area contributed by atoms with Crippen molar-refractivity contribution in [2.45, 2.75) is 46.1 Å². The third kappa shape index (κ3) is 1.96. The van der Waals surface area contributed by atoms with Crippen molar-refractivity contribution in [3.8, 4) is 5.88 Å². The van der Waals surface area contributed by atoms with E-state index in [2.05, 4.69) is 25.8 Å². The Labute approximate surface area is 135 Å². The van der Waals surface area contributed by atoms with Crippen LogP contribution in [0.15, 0.2) is 14.6 Å². The predicted molar refractivity (Wildman–Crippen MR) is 89.2 cm³/mol. The van der Waals surface area contributed by atoms with Crippen molar-refractivity contribution in [3.63, 3.8) is 0 Å². The van der Waals surface area contributed by atoms with Gasteiger partial charge in [-0.15, -0.1) is 0 Å². The first-order chi connectivity index (χ1) is 10.6. The fourth-order valence-corrected chi connectivity index (χ4v) is 4.52. The van der Waals surface area contributed by atoms with Crippen molar-refractivity contribution < 1.29 is 5.11 Å². The highest BCUT2D eigenvalue weighted by Crippen LogP contribution is 2.66. The lowest BCUT2D eigenvalue weighted by Crippen LogP contribution is -2.39. The zero-order valence-electron chi connectivity index (χ0n) is 14.5. The Morgan fingerprint density at radius 3 is 2.39 bits per heavy atom. The number of nitrogens with zero attached hydrogens (tertiary/aromatic N) is 3. The number of aromatic hydroxyl groups is 1. The van der Waals surface area contributed by atoms with Crippen LogP contribution in [0.5, 0.6) is 5.88 Å². The molecule has 6 nitrogen and oxygen atoms in total. The zero-order chi connectivity index (χ0) is 17.2. The van der Waals surface area contributed by atoms with Crippen LogP contribution < -0.4 is 11.2 Å². The molecule has 126 valence electrons. The minimum atomic E-state index is -0.544. The van der Waals surface area contributed by atoms with Crippen molar-refractivity contribution in [2.75, 3.05) is 0 Å². The highest BCUT2D eigenvalue weighted by Gasteiger charge is 2.61. The molecule has 2 aliphatic rings. The summed E-state index contributed by atoms with van der Waals surface area (Å²) in [5.74, 6) is 0.334. The average Bonchev–Trinajstić information content (AvgIpc) is 2.84. The highest BCUT2D eigenvalue weighted by atomic mass is 16.3. The summed E-state index contributed by atoms with van der Waals surface area (Å²) >= 11 is 0. The summed E-state index contributed by atoms with van der Waals surface area (Å²) in [5.41, 5.74) is -0.611. The molecule has 0 radical (unpaired) electrons. The van der Waals surface area contributed by atoms with Crippen LogP contribution in [0.25, 0.3) is 0 Å². The third-order valence-corrected chi connectivity index (χ3v) is 6.80. The van der Waals surface area contributed by atoms with Gasteiger partial charge < -0.3 is 5.11 Å². The van der Waals surface area contributed by atoms with E-state index >= 15 is 0 Å². The highest BCUT2D eigenvalue weighted by molar-refractivity contribution is 5.82. The maximum Gasteiger partial charge on any atom is 0.333 e. The molecule has 1 aromatic heterocycles. The normalized spacial score (nSPS) is 32.0. The van der Waals surface area contributed by atoms with Gasteiger partial charge in [0.05, 0.1) is 6.04 Å². The van der Waals surface area contributed by atoms with E-state index in [-0.39, 0.29) is 28.3 Å². The van der Waals surface area contributed by atoms with Crippen LogP contribution in [0.4, 0.5) is 0 Å². The van der Waals surface area contributed by atoms with Gasteiger partial charge >= 0.3 is 5.69 Å². The van der Waals surface area contributed by atoms with Crippen molar-refractivity contribution in [2.24, 2.45) is 35.8 Å². The third-order valence-electron chi connectivity index (χ3n) is 6.80. The molecule has 1 heterocycles. The summed E-state index contributed by atoms with van der Waals surface area (Å²) in [5, 5.41) is 10.1. The second kappa shape index (κ2) is 4.82. The molecule has 3 atom stereocenters. The molecule has 0 aromatic carbocycles. The molecule has 6 heteroatoms. The first kappa shape index (κ1) is 16.0. The summed E-state index contributed by atoms with van der Waals surface area (Å²) in [6.07, 6.45) is 4.86. The molecule has 0 saturated heterocycles. The number of hydrogen-bond acceptors (Lipinski definition) is 4. The van der Waals surface area contributed by atoms with E-state index in [1.165, 1.54) is 26.7 Å². The molecule has 1 aromatic rings. The molecule has 0 spiro atoms. The van der Waals surface area contributed by atoms with E-state index in [9.17, 15) is 14.7 Å². The van der Waals surface area contributed by atoms with Gasteiger partial charge in [0.25, 0.3) is 5.56 Å². The van der Waals surface area contributed by atoms with Gasteiger partial charge in [0, 0.05) is 20.3 Å². The molecular formula is C17H25N3O3. The van der Waals surface area contributed by atoms with Gasteiger partial charge in [0.2, 0.25) is 5.88 Å². The monoisotopic (exact) mass is 319 g/mol. The predicted octanol–water partition coefficient (Wildman–Crippen LogP) is 1.42. The van der Waals surface area contributed by atoms with E-state index in [1.54, 1.807) is 0 Å². The van der Waals surface area contributed by atoms with Crippen molar-refractivity contribution in [3.05, 3.63) is 26.4 Å². The minimum Gasteiger partial charge on any atom is -0.494 e. The maximum atomic E-state index is 12.2. The summed E-state index contributed by atoms with van der Waals surface area (Å²) in [7, 11) is 2.85. The summed E-state index contributed by atoms with van der Waals surface area (Å²) in [6.45, 7) is 6.90. The lowest BCUT2D eigenvalue weighted by Gasteiger charge is -2.37. The van der Waals surface area contributed by atoms with Gasteiger partial charge in [-0.25, -0.2) is 4.79 Å². The topological polar surface area (TPSA) is 76.6 Å². The van der Waals surface area contributed by atoms with Crippen molar-refractivity contribution >= 4 is 6.21 Å². The zero-order valence-corrected chi connectivity index (χ0v) is 14.5. The van der Waals surface area contributed by atoms with Gasteiger partial charge in [-0.05, 0) is 36.0 Å². The summed E-state index contributed by atoms with van der Waals surface area (Å²) in [6, 6.07) is 0.151. The number of aromatic nitrogens is 2. The molecule has 2 bridgehead atoms. The Morgan fingerprint density at radius 2 is 1.87 bits per heavy atom. The van der Waals surface area contributed by atoms with Crippen LogP contribution in [0, 0.1) is 16.7 Å². The van der Waals surface area contributed by atoms with Crippen LogP contribution in [-0.4, -0.2) is 26.5 Å². The minimum absolute atomic E-state index is 0.0822. The molecule has 2 fully saturated rings. The summed E-state index contributed by atoms with van der Waals surface area (Å²) < 4.78 is 2.06. The lowest BCUT2D eigenvalue weighted by molar-refractivity contribution is 0.137. The molecular weight excluding hydrogens is 294 g/mol. The van der Waals surface area contributed by atoms with Gasteiger partial charge in [-0.2, -0.15) is 0 Å². The van der Waals surface area contributed by atoms with Gasteiger partial charge in [0.1, 0.15) is 5.56 Å². The van der Waals surface area contributed by atoms with Crippen LogP contribution in [-0.2, 0) is 14.1 Å². The molecule has 2 saturated carbocycles. The van der Waals surface area contributed by atoms with E-state index < -0.39 is 11.2 Å². The van der Waals surface area contributed by atoms with E-state index in [4.69, 9.17) is 0 Å². The Morgan fingerprint density at radius 1 is 1.22 bits per heavy atom. The van der Waals surface area contributed by atoms with Gasteiger partial charge in [0.15, 0.2) is 0 Å². The van der Waals surface area contributed by atoms with Crippen molar-refractivity contribution in [1.29, 1.82) is 0 Å². The smallest absolute Gasteiger partial charge is 0.333 e. The lowest BCUT2D eigenvalue weighted by atomic mass is 9.69. The van der Waals surface area contributed by atoms with Gasteiger partial charge in [-0.1, -0.05) is 20.8 Å². The number of aliphatic imine (C=N–C) groups is 1. The van der Waals surface area contributed by atoms with Crippen LogP contribution in [0.3, 0.4) is 0 Å². The molecule has 2 aliphatic carbocycles. The second-order valence-electron chi connectivity index (χ2n) is 7.85. The second-order valence-corrected chi connectivity index (χ2v) is 7.85. The maximum absolute atomic E-state index is 12.2. The molecule has 0 aliphatic heterocycles. The standard InChI is InChI=1S/C17H25N3O3/c1-16(2)10-6-7-17(16,3)12(8-10)18-9-11-13(21)19(4)15(23)20(5)14(11)22/h9-10,12,21H,6-8H2,1-5H3/t10-,12+,17+/m1/s1. The van der Waals surface area contributed by atoms with Crippen LogP contribution in [0.2, 0.25) is 0 Å². The van der Waals surface area contributed by atoms with E-state index in [0.717, 1.165) is 22.0 Å². The molecule has 0 unspecified atom stereocenters. The number of fused-ring (bicyclic) bond motifs is 2. The van der Waals surface area contributed by atoms with E-state index in [0.29, 0.717) is 5.92 Å². The first-order valence-corrected chi connectivity index (χ1v) is 8.13. The Balaban J connectivity index is 2.01. The first-order valence-electron chi connectivity index (χ1n) is 8.13. The summed E-state index contributed by atoms with van der Waals surface area (Å²) in [4.78, 5) is 28.7. The quantitative estimate of drug-likeness (QED) is 0.838. The Hall–Kier alpha value is -1.85. The van der Waals surface area contributed by atoms with E-state index in [1.807, 2.05) is 0 Å². The number of hydrogen-bond donors (Lipinski definition) is 1.